The second-order valence-corrected chi connectivity index (χ2v) is 3.97. The highest BCUT2D eigenvalue weighted by molar-refractivity contribution is 5.91. The zero-order chi connectivity index (χ0) is 12.4. The summed E-state index contributed by atoms with van der Waals surface area (Å²) in [5.74, 6) is -0.772. The van der Waals surface area contributed by atoms with Crippen molar-refractivity contribution in [2.24, 2.45) is 0 Å². The van der Waals surface area contributed by atoms with Crippen LogP contribution in [0.2, 0.25) is 0 Å². The molecule has 0 unspecified atom stereocenters. The lowest BCUT2D eigenvalue weighted by molar-refractivity contribution is -0.138. The molecule has 0 aromatic heterocycles. The second kappa shape index (κ2) is 4.45. The van der Waals surface area contributed by atoms with Gasteiger partial charge in [-0.25, -0.2) is 0 Å². The van der Waals surface area contributed by atoms with Gasteiger partial charge in [-0.2, -0.15) is 0 Å². The van der Waals surface area contributed by atoms with E-state index in [0.29, 0.717) is 11.3 Å². The summed E-state index contributed by atoms with van der Waals surface area (Å²) in [6.07, 6.45) is 0. The van der Waals surface area contributed by atoms with Crippen LogP contribution in [0.5, 0.6) is 5.75 Å². The molecule has 3 nitrogen and oxygen atoms in total. The van der Waals surface area contributed by atoms with Gasteiger partial charge in [-0.3, -0.25) is 4.79 Å². The fraction of sp³-hybridized carbons (Fsp3) is 0.214. The number of carbonyl (C=O) groups is 1. The molecule has 0 fully saturated rings. The van der Waals surface area contributed by atoms with Crippen LogP contribution in [0.15, 0.2) is 36.4 Å². The summed E-state index contributed by atoms with van der Waals surface area (Å²) in [5.41, 5.74) is 0.707. The zero-order valence-corrected chi connectivity index (χ0v) is 9.81. The zero-order valence-electron chi connectivity index (χ0n) is 9.81. The maximum absolute atomic E-state index is 11.0. The van der Waals surface area contributed by atoms with Crippen molar-refractivity contribution in [1.82, 2.24) is 0 Å². The summed E-state index contributed by atoms with van der Waals surface area (Å²) in [6.45, 7) is 1.66. The van der Waals surface area contributed by atoms with Crippen LogP contribution in [0, 0.1) is 0 Å². The molecule has 3 heteroatoms. The number of methoxy groups -OCH3 is 1. The Morgan fingerprint density at radius 1 is 1.24 bits per heavy atom. The summed E-state index contributed by atoms with van der Waals surface area (Å²) in [5, 5.41) is 11.1. The molecule has 88 valence electrons. The van der Waals surface area contributed by atoms with Crippen LogP contribution in [0.25, 0.3) is 10.8 Å². The summed E-state index contributed by atoms with van der Waals surface area (Å²) in [4.78, 5) is 11.0. The minimum atomic E-state index is -0.849. The van der Waals surface area contributed by atoms with E-state index < -0.39 is 11.9 Å². The van der Waals surface area contributed by atoms with Crippen LogP contribution in [0.3, 0.4) is 0 Å². The molecular weight excluding hydrogens is 216 g/mol. The van der Waals surface area contributed by atoms with Crippen molar-refractivity contribution < 1.29 is 14.6 Å². The number of hydrogen-bond acceptors (Lipinski definition) is 2. The topological polar surface area (TPSA) is 46.5 Å². The molecule has 0 heterocycles. The largest absolute Gasteiger partial charge is 0.496 e. The SMILES string of the molecule is COc1c([C@H](C)C(=O)O)ccc2ccccc12. The molecule has 2 aromatic carbocycles. The smallest absolute Gasteiger partial charge is 0.310 e. The lowest BCUT2D eigenvalue weighted by Gasteiger charge is -2.14. The van der Waals surface area contributed by atoms with Gasteiger partial charge in [0.1, 0.15) is 5.75 Å². The average Bonchev–Trinajstić information content (AvgIpc) is 2.36. The van der Waals surface area contributed by atoms with E-state index in [2.05, 4.69) is 0 Å². The minimum absolute atomic E-state index is 0.574. The van der Waals surface area contributed by atoms with Crippen molar-refractivity contribution in [3.05, 3.63) is 42.0 Å². The molecule has 1 N–H and O–H groups in total. The molecule has 0 radical (unpaired) electrons. The van der Waals surface area contributed by atoms with E-state index in [1.54, 1.807) is 14.0 Å². The highest BCUT2D eigenvalue weighted by Gasteiger charge is 2.19. The number of hydrogen-bond donors (Lipinski definition) is 1. The summed E-state index contributed by atoms with van der Waals surface area (Å²) in [6, 6.07) is 11.5. The standard InChI is InChI=1S/C14H14O3/c1-9(14(15)16)11-8-7-10-5-3-4-6-12(10)13(11)17-2/h3-9H,1-2H3,(H,15,16)/t9-/m0/s1. The first-order valence-electron chi connectivity index (χ1n) is 5.43. The van der Waals surface area contributed by atoms with Crippen LogP contribution in [-0.4, -0.2) is 18.2 Å². The molecule has 0 amide bonds. The quantitative estimate of drug-likeness (QED) is 0.881. The van der Waals surface area contributed by atoms with Crippen molar-refractivity contribution in [3.8, 4) is 5.75 Å². The Hall–Kier alpha value is -2.03. The van der Waals surface area contributed by atoms with E-state index in [-0.39, 0.29) is 0 Å². The van der Waals surface area contributed by atoms with E-state index in [4.69, 9.17) is 9.84 Å². The van der Waals surface area contributed by atoms with Gasteiger partial charge >= 0.3 is 5.97 Å². The number of rotatable bonds is 3. The van der Waals surface area contributed by atoms with Crippen LogP contribution < -0.4 is 4.74 Å². The Morgan fingerprint density at radius 2 is 1.94 bits per heavy atom. The van der Waals surface area contributed by atoms with E-state index in [9.17, 15) is 4.79 Å². The molecule has 0 spiro atoms. The van der Waals surface area contributed by atoms with Gasteiger partial charge in [-0.1, -0.05) is 36.4 Å². The van der Waals surface area contributed by atoms with Crippen LogP contribution >= 0.6 is 0 Å². The lowest BCUT2D eigenvalue weighted by atomic mass is 9.96. The molecule has 17 heavy (non-hydrogen) atoms. The van der Waals surface area contributed by atoms with Crippen molar-refractivity contribution in [2.75, 3.05) is 7.11 Å². The number of carboxylic acid groups (broad SMARTS) is 1. The van der Waals surface area contributed by atoms with Gasteiger partial charge in [0.05, 0.1) is 13.0 Å². The normalized spacial score (nSPS) is 12.4. The number of fused-ring (bicyclic) bond motifs is 1. The Bertz CT molecular complexity index is 560. The molecule has 1 atom stereocenters. The molecule has 0 bridgehead atoms. The first kappa shape index (κ1) is 11.5. The predicted octanol–water partition coefficient (Wildman–Crippen LogP) is 3.04. The highest BCUT2D eigenvalue weighted by Crippen LogP contribution is 2.34. The van der Waals surface area contributed by atoms with Gasteiger partial charge in [0.25, 0.3) is 0 Å². The summed E-state index contributed by atoms with van der Waals surface area (Å²) >= 11 is 0. The number of ether oxygens (including phenoxy) is 1. The van der Waals surface area contributed by atoms with Crippen LogP contribution in [-0.2, 0) is 4.79 Å². The maximum Gasteiger partial charge on any atom is 0.310 e. The van der Waals surface area contributed by atoms with Gasteiger partial charge in [0.2, 0.25) is 0 Å². The lowest BCUT2D eigenvalue weighted by Crippen LogP contribution is -2.09. The van der Waals surface area contributed by atoms with E-state index in [1.165, 1.54) is 0 Å². The van der Waals surface area contributed by atoms with Crippen molar-refractivity contribution in [2.45, 2.75) is 12.8 Å². The molecule has 0 aliphatic heterocycles. The average molecular weight is 230 g/mol. The first-order valence-corrected chi connectivity index (χ1v) is 5.43. The second-order valence-electron chi connectivity index (χ2n) is 3.97. The number of benzene rings is 2. The summed E-state index contributed by atoms with van der Waals surface area (Å²) in [7, 11) is 1.57. The monoisotopic (exact) mass is 230 g/mol. The fourth-order valence-electron chi connectivity index (χ4n) is 1.96. The molecule has 0 aliphatic rings. The molecular formula is C14H14O3. The Labute approximate surface area is 99.6 Å². The summed E-state index contributed by atoms with van der Waals surface area (Å²) < 4.78 is 5.37. The number of aliphatic carboxylic acids is 1. The van der Waals surface area contributed by atoms with Crippen molar-refractivity contribution in [1.29, 1.82) is 0 Å². The maximum atomic E-state index is 11.0. The van der Waals surface area contributed by atoms with Gasteiger partial charge in [0.15, 0.2) is 0 Å². The third-order valence-corrected chi connectivity index (χ3v) is 2.95. The Morgan fingerprint density at radius 3 is 2.59 bits per heavy atom. The molecule has 2 aromatic rings. The first-order chi connectivity index (χ1) is 8.15. The van der Waals surface area contributed by atoms with Gasteiger partial charge in [-0.05, 0) is 12.3 Å². The molecule has 2 rings (SSSR count). The molecule has 0 aliphatic carbocycles. The van der Waals surface area contributed by atoms with E-state index in [1.807, 2.05) is 36.4 Å². The van der Waals surface area contributed by atoms with Crippen molar-refractivity contribution >= 4 is 16.7 Å². The minimum Gasteiger partial charge on any atom is -0.496 e. The third kappa shape index (κ3) is 1.96. The Kier molecular flexibility index (Phi) is 3.00. The fourth-order valence-corrected chi connectivity index (χ4v) is 1.96. The Balaban J connectivity index is 2.69. The number of carboxylic acids is 1. The predicted molar refractivity (Wildman–Crippen MR) is 66.6 cm³/mol. The van der Waals surface area contributed by atoms with Gasteiger partial charge in [-0.15, -0.1) is 0 Å². The third-order valence-electron chi connectivity index (χ3n) is 2.95. The van der Waals surface area contributed by atoms with E-state index in [0.717, 1.165) is 10.8 Å². The van der Waals surface area contributed by atoms with Crippen LogP contribution in [0.4, 0.5) is 0 Å². The van der Waals surface area contributed by atoms with Gasteiger partial charge < -0.3 is 9.84 Å². The van der Waals surface area contributed by atoms with Gasteiger partial charge in [0, 0.05) is 10.9 Å². The molecule has 0 saturated heterocycles. The van der Waals surface area contributed by atoms with Crippen LogP contribution in [0.1, 0.15) is 18.4 Å². The van der Waals surface area contributed by atoms with Crippen molar-refractivity contribution in [3.63, 3.8) is 0 Å². The molecule has 0 saturated carbocycles. The van der Waals surface area contributed by atoms with E-state index >= 15 is 0 Å². The highest BCUT2D eigenvalue weighted by atomic mass is 16.5.